The lowest BCUT2D eigenvalue weighted by Crippen LogP contribution is -2.41. The largest absolute Gasteiger partial charge is 0.540 e. The van der Waals surface area contributed by atoms with Gasteiger partial charge >= 0.3 is 18.5 Å². The Morgan fingerprint density at radius 1 is 1.28 bits per heavy atom. The number of halogens is 4. The van der Waals surface area contributed by atoms with E-state index < -0.39 is 29.8 Å². The lowest BCUT2D eigenvalue weighted by molar-refractivity contribution is -0.461. The van der Waals surface area contributed by atoms with Crippen LogP contribution in [0.15, 0.2) is 18.2 Å². The number of rotatable bonds is 1. The molecule has 2 rings (SSSR count). The van der Waals surface area contributed by atoms with Crippen LogP contribution in [0, 0.1) is 0 Å². The number of alkyl halides is 4. The Morgan fingerprint density at radius 2 is 1.94 bits per heavy atom. The first kappa shape index (κ1) is 12.4. The molecule has 0 aliphatic carbocycles. The van der Waals surface area contributed by atoms with Crippen molar-refractivity contribution in [3.63, 3.8) is 0 Å². The molecule has 1 aliphatic heterocycles. The number of ether oxygens (including phenoxy) is 3. The highest BCUT2D eigenvalue weighted by Crippen LogP contribution is 2.47. The fourth-order valence-electron chi connectivity index (χ4n) is 1.36. The van der Waals surface area contributed by atoms with Gasteiger partial charge in [0, 0.05) is 0 Å². The van der Waals surface area contributed by atoms with Crippen molar-refractivity contribution < 1.29 is 36.6 Å². The highest BCUT2D eigenvalue weighted by Gasteiger charge is 2.54. The van der Waals surface area contributed by atoms with Crippen molar-refractivity contribution in [2.45, 2.75) is 12.4 Å². The summed E-state index contributed by atoms with van der Waals surface area (Å²) in [6, 6.07) is 2.38. The first-order valence-electron chi connectivity index (χ1n) is 4.46. The van der Waals surface area contributed by atoms with Crippen LogP contribution in [0.25, 0.3) is 0 Å². The molecule has 0 spiro atoms. The minimum Gasteiger partial charge on any atom is -0.410 e. The second-order valence-electron chi connectivity index (χ2n) is 3.26. The molecule has 98 valence electrons. The molecular weight excluding hydrogens is 262 g/mol. The molecule has 0 bridgehead atoms. The van der Waals surface area contributed by atoms with Crippen LogP contribution in [0.2, 0.25) is 0 Å². The molecule has 0 unspecified atom stereocenters. The summed E-state index contributed by atoms with van der Waals surface area (Å²) in [5.41, 5.74) is 3.69. The molecule has 1 aliphatic rings. The molecule has 5 nitrogen and oxygen atoms in total. The van der Waals surface area contributed by atoms with E-state index in [2.05, 4.69) is 19.9 Å². The van der Waals surface area contributed by atoms with Crippen LogP contribution in [0.4, 0.5) is 22.4 Å². The van der Waals surface area contributed by atoms with Gasteiger partial charge in [0.05, 0.1) is 5.56 Å². The normalized spacial score (nSPS) is 19.6. The second kappa shape index (κ2) is 3.73. The summed E-state index contributed by atoms with van der Waals surface area (Å²) in [5.74, 6) is -1.13. The Bertz CT molecular complexity index is 505. The van der Waals surface area contributed by atoms with Crippen molar-refractivity contribution in [2.24, 2.45) is 5.73 Å². The van der Waals surface area contributed by atoms with E-state index in [1.165, 1.54) is 0 Å². The van der Waals surface area contributed by atoms with E-state index in [9.17, 15) is 22.4 Å². The first-order valence-corrected chi connectivity index (χ1v) is 4.46. The summed E-state index contributed by atoms with van der Waals surface area (Å²) >= 11 is 0. The van der Waals surface area contributed by atoms with Gasteiger partial charge in [0.1, 0.15) is 11.5 Å². The van der Waals surface area contributed by atoms with E-state index in [0.717, 1.165) is 12.1 Å². The molecule has 0 atom stereocenters. The van der Waals surface area contributed by atoms with Crippen LogP contribution in [0.5, 0.6) is 11.5 Å². The van der Waals surface area contributed by atoms with Crippen LogP contribution < -0.4 is 15.2 Å². The summed E-state index contributed by atoms with van der Waals surface area (Å²) in [6.45, 7) is 0. The topological polar surface area (TPSA) is 70.8 Å². The van der Waals surface area contributed by atoms with Gasteiger partial charge in [-0.15, -0.1) is 8.78 Å². The van der Waals surface area contributed by atoms with Gasteiger partial charge in [-0.2, -0.15) is 8.78 Å². The van der Waals surface area contributed by atoms with E-state index in [0.29, 0.717) is 6.07 Å². The van der Waals surface area contributed by atoms with Gasteiger partial charge in [-0.25, -0.2) is 9.53 Å². The summed E-state index contributed by atoms with van der Waals surface area (Å²) in [5, 5.41) is 0. The maximum atomic E-state index is 13.3. The molecule has 0 aromatic heterocycles. The van der Waals surface area contributed by atoms with Crippen molar-refractivity contribution in [2.75, 3.05) is 0 Å². The molecule has 1 aromatic rings. The summed E-state index contributed by atoms with van der Waals surface area (Å²) < 4.78 is 63.3. The van der Waals surface area contributed by atoms with Crippen LogP contribution in [-0.4, -0.2) is 12.4 Å². The SMILES string of the molecule is NC(=O)Oc1ccc2c(c1)C(F)(F)OC(F)(F)O2. The lowest BCUT2D eigenvalue weighted by atomic mass is 10.1. The van der Waals surface area contributed by atoms with Crippen LogP contribution in [-0.2, 0) is 10.8 Å². The van der Waals surface area contributed by atoms with E-state index in [-0.39, 0.29) is 5.75 Å². The van der Waals surface area contributed by atoms with Gasteiger partial charge in [-0.05, 0) is 18.2 Å². The fourth-order valence-corrected chi connectivity index (χ4v) is 1.36. The van der Waals surface area contributed by atoms with Gasteiger partial charge in [-0.1, -0.05) is 0 Å². The van der Waals surface area contributed by atoms with Crippen molar-refractivity contribution in [3.8, 4) is 11.5 Å². The van der Waals surface area contributed by atoms with Crippen LogP contribution in [0.1, 0.15) is 5.56 Å². The van der Waals surface area contributed by atoms with Gasteiger partial charge < -0.3 is 15.2 Å². The molecule has 1 aromatic carbocycles. The number of amides is 1. The quantitative estimate of drug-likeness (QED) is 0.791. The number of hydrogen-bond acceptors (Lipinski definition) is 4. The van der Waals surface area contributed by atoms with E-state index in [1.54, 1.807) is 0 Å². The molecule has 9 heteroatoms. The number of carbonyl (C=O) groups is 1. The highest BCUT2D eigenvalue weighted by molar-refractivity contribution is 5.68. The Labute approximate surface area is 97.0 Å². The molecule has 0 saturated heterocycles. The zero-order chi connectivity index (χ0) is 13.6. The predicted molar refractivity (Wildman–Crippen MR) is 47.2 cm³/mol. The van der Waals surface area contributed by atoms with Gasteiger partial charge in [0.2, 0.25) is 0 Å². The van der Waals surface area contributed by atoms with Crippen molar-refractivity contribution in [3.05, 3.63) is 23.8 Å². The lowest BCUT2D eigenvalue weighted by Gasteiger charge is -2.30. The molecule has 0 radical (unpaired) electrons. The molecule has 18 heavy (non-hydrogen) atoms. The number of primary amides is 1. The molecule has 0 saturated carbocycles. The van der Waals surface area contributed by atoms with Gasteiger partial charge in [0.25, 0.3) is 0 Å². The third-order valence-corrected chi connectivity index (χ3v) is 1.96. The van der Waals surface area contributed by atoms with Crippen molar-refractivity contribution >= 4 is 6.09 Å². The fraction of sp³-hybridized carbons (Fsp3) is 0.222. The summed E-state index contributed by atoms with van der Waals surface area (Å²) in [4.78, 5) is 10.4. The smallest absolute Gasteiger partial charge is 0.410 e. The minimum atomic E-state index is -4.44. The van der Waals surface area contributed by atoms with Crippen molar-refractivity contribution in [1.82, 2.24) is 0 Å². The predicted octanol–water partition coefficient (Wildman–Crippen LogP) is 2.15. The first-order chi connectivity index (χ1) is 8.20. The number of hydrogen-bond donors (Lipinski definition) is 1. The molecule has 1 heterocycles. The average molecular weight is 267 g/mol. The zero-order valence-electron chi connectivity index (χ0n) is 8.45. The number of nitrogens with two attached hydrogens (primary N) is 1. The van der Waals surface area contributed by atoms with Crippen LogP contribution in [0.3, 0.4) is 0 Å². The Kier molecular flexibility index (Phi) is 2.58. The molecule has 0 fully saturated rings. The number of carbonyl (C=O) groups excluding carboxylic acids is 1. The Hall–Kier alpha value is -2.03. The van der Waals surface area contributed by atoms with Gasteiger partial charge in [0.15, 0.2) is 0 Å². The maximum absolute atomic E-state index is 13.3. The molecule has 1 amide bonds. The zero-order valence-corrected chi connectivity index (χ0v) is 8.45. The third kappa shape index (κ3) is 2.30. The summed E-state index contributed by atoms with van der Waals surface area (Å²) in [7, 11) is 0. The second-order valence-corrected chi connectivity index (χ2v) is 3.26. The summed E-state index contributed by atoms with van der Waals surface area (Å²) in [6.07, 6.45) is -9.96. The standard InChI is InChI=1S/C9H5F4NO4/c10-8(11)5-3-4(16-7(14)15)1-2-6(5)17-9(12,13)18-8/h1-3H,(H2,14,15). The molecular formula is C9H5F4NO4. The minimum absolute atomic E-state index is 0.349. The van der Waals surface area contributed by atoms with E-state index in [4.69, 9.17) is 0 Å². The molecule has 2 N–H and O–H groups in total. The van der Waals surface area contributed by atoms with Crippen molar-refractivity contribution in [1.29, 1.82) is 0 Å². The number of benzene rings is 1. The maximum Gasteiger partial charge on any atom is 0.540 e. The van der Waals surface area contributed by atoms with Crippen LogP contribution >= 0.6 is 0 Å². The third-order valence-electron chi connectivity index (χ3n) is 1.96. The highest BCUT2D eigenvalue weighted by atomic mass is 19.3. The monoisotopic (exact) mass is 267 g/mol. The Balaban J connectivity index is 2.43. The average Bonchev–Trinajstić information content (AvgIpc) is 2.15. The number of fused-ring (bicyclic) bond motifs is 1. The Morgan fingerprint density at radius 3 is 2.56 bits per heavy atom. The van der Waals surface area contributed by atoms with Gasteiger partial charge in [-0.3, -0.25) is 0 Å². The van der Waals surface area contributed by atoms with E-state index >= 15 is 0 Å². The van der Waals surface area contributed by atoms with E-state index in [1.807, 2.05) is 0 Å².